The van der Waals surface area contributed by atoms with Crippen molar-refractivity contribution >= 4 is 17.9 Å². The molecule has 2 atom stereocenters. The van der Waals surface area contributed by atoms with Crippen molar-refractivity contribution in [2.24, 2.45) is 0 Å². The fourth-order valence-corrected chi connectivity index (χ4v) is 12.5. The Morgan fingerprint density at radius 2 is 0.548 bits per heavy atom. The molecular weight excluding hydrogens is 1280 g/mol. The highest BCUT2D eigenvalue weighted by Crippen LogP contribution is 2.20. The second kappa shape index (κ2) is 84.1. The third-order valence-electron chi connectivity index (χ3n) is 19.2. The monoisotopic (exact) mass is 1450 g/mol. The third kappa shape index (κ3) is 84.7. The predicted octanol–water partition coefficient (Wildman–Crippen LogP) is 27.4. The van der Waals surface area contributed by atoms with Crippen LogP contribution in [0.2, 0.25) is 0 Å². The molecule has 0 N–H and O–H groups in total. The molecule has 2 unspecified atom stereocenters. The van der Waals surface area contributed by atoms with Crippen molar-refractivity contribution in [3.63, 3.8) is 0 Å². The smallest absolute Gasteiger partial charge is 0.306 e. The summed E-state index contributed by atoms with van der Waals surface area (Å²) in [5, 5.41) is 11.9. The van der Waals surface area contributed by atoms with Crippen LogP contribution in [0, 0.1) is 0 Å². The Hall–Kier alpha value is -4.57. The maximum absolute atomic E-state index is 13.0. The number of nitrogens with zero attached hydrogens (tertiary/aromatic N) is 1. The van der Waals surface area contributed by atoms with E-state index in [9.17, 15) is 19.5 Å². The van der Waals surface area contributed by atoms with Crippen LogP contribution in [0.1, 0.15) is 393 Å². The van der Waals surface area contributed by atoms with E-state index >= 15 is 0 Å². The van der Waals surface area contributed by atoms with Crippen LogP contribution in [-0.2, 0) is 33.3 Å². The van der Waals surface area contributed by atoms with Gasteiger partial charge in [0.1, 0.15) is 13.2 Å². The largest absolute Gasteiger partial charge is 0.545 e. The lowest BCUT2D eigenvalue weighted by molar-refractivity contribution is -0.870. The SMILES string of the molecule is CC/C=C\C/C=C\C/C=C\C/C=C\C/C=C\C/C=C\C/C=C\C/C=C\C/C=C\C/C=C\C/C=C\CCCCCCCC(=O)OC(COC(=O)CCCCCCCCCCCCCCCCCCCCCCCCCCCCCCCCCCCCCCCCCC)COC(OCC[N+](C)(C)C)C(=O)[O-]. The first-order chi connectivity index (χ1) is 51.1. The molecule has 0 fully saturated rings. The molecular formula is C95H165NO8. The molecule has 0 saturated carbocycles. The Labute approximate surface area is 643 Å². The van der Waals surface area contributed by atoms with Crippen molar-refractivity contribution in [2.45, 2.75) is 405 Å². The van der Waals surface area contributed by atoms with Crippen molar-refractivity contribution < 1.29 is 42.9 Å². The third-order valence-corrected chi connectivity index (χ3v) is 19.2. The fraction of sp³-hybridized carbons (Fsp3) is 0.737. The molecule has 104 heavy (non-hydrogen) atoms. The van der Waals surface area contributed by atoms with E-state index in [1.165, 1.54) is 238 Å². The molecule has 9 heteroatoms. The Kier molecular flexibility index (Phi) is 80.4. The van der Waals surface area contributed by atoms with E-state index in [0.717, 1.165) is 122 Å². The molecule has 0 spiro atoms. The molecule has 0 aliphatic heterocycles. The number of unbranched alkanes of at least 4 members (excludes halogenated alkanes) is 44. The normalized spacial score (nSPS) is 13.3. The number of carbonyl (C=O) groups is 3. The summed E-state index contributed by atoms with van der Waals surface area (Å²) in [6.07, 6.45) is 119. The van der Waals surface area contributed by atoms with Crippen molar-refractivity contribution in [1.82, 2.24) is 0 Å². The molecule has 0 saturated heterocycles. The molecule has 0 aliphatic rings. The summed E-state index contributed by atoms with van der Waals surface area (Å²) in [7, 11) is 5.93. The van der Waals surface area contributed by atoms with Gasteiger partial charge in [-0.15, -0.1) is 0 Å². The summed E-state index contributed by atoms with van der Waals surface area (Å²) >= 11 is 0. The summed E-state index contributed by atoms with van der Waals surface area (Å²) in [5.74, 6) is -2.30. The van der Waals surface area contributed by atoms with Crippen molar-refractivity contribution in [2.75, 3.05) is 47.5 Å². The first kappa shape index (κ1) is 99.4. The van der Waals surface area contributed by atoms with Crippen LogP contribution in [0.4, 0.5) is 0 Å². The zero-order valence-corrected chi connectivity index (χ0v) is 68.6. The van der Waals surface area contributed by atoms with E-state index in [4.69, 9.17) is 18.9 Å². The van der Waals surface area contributed by atoms with Gasteiger partial charge in [-0.05, 0) is 96.3 Å². The quantitative estimate of drug-likeness (QED) is 0.0195. The number of hydrogen-bond donors (Lipinski definition) is 0. The maximum Gasteiger partial charge on any atom is 0.306 e. The van der Waals surface area contributed by atoms with Gasteiger partial charge in [0.2, 0.25) is 0 Å². The minimum Gasteiger partial charge on any atom is -0.545 e. The van der Waals surface area contributed by atoms with Gasteiger partial charge in [-0.1, -0.05) is 417 Å². The molecule has 0 rings (SSSR count). The number of likely N-dealkylation sites (N-methyl/N-ethyl adjacent to an activating group) is 1. The van der Waals surface area contributed by atoms with Crippen LogP contribution in [-0.4, -0.2) is 82.3 Å². The van der Waals surface area contributed by atoms with Gasteiger partial charge in [0.15, 0.2) is 12.4 Å². The lowest BCUT2D eigenvalue weighted by atomic mass is 10.0. The van der Waals surface area contributed by atoms with Gasteiger partial charge in [0.05, 0.1) is 40.3 Å². The van der Waals surface area contributed by atoms with Gasteiger partial charge in [-0.2, -0.15) is 0 Å². The Morgan fingerprint density at radius 1 is 0.298 bits per heavy atom. The number of allylic oxidation sites excluding steroid dienone is 22. The predicted molar refractivity (Wildman–Crippen MR) is 449 cm³/mol. The standard InChI is InChI=1S/C95H165NO8/c1-6-8-10-12-14-16-18-20-22-24-26-28-30-32-34-36-38-40-42-44-46-48-49-51-53-55-57-59-61-63-65-67-69-71-73-75-77-79-81-83-85-92(97)102-89-91(90-103-95(94(99)100)101-88-87-96(3,4)5)104-93(98)86-84-82-80-78-76-74-72-70-68-66-64-62-60-58-56-54-52-50-47-45-43-41-39-37-35-33-31-29-27-25-23-21-19-17-15-13-11-9-7-2/h9,11,15,17,21,23,27,29,33,35,39,41,45,47,52,54,58,60,64,66,70,72,91,95H,6-8,10,12-14,16,18-20,22,24-26,28,30-32,34,36-38,40,42-44,46,48-51,53,55-57,59,61-63,65,67-69,71,73-90H2,1-5H3/b11-9-,17-15-,23-21-,29-27-,35-33-,41-39-,47-45-,54-52-,60-58-,66-64-,72-70-. The molecule has 0 aromatic rings. The second-order valence-electron chi connectivity index (χ2n) is 30.5. The number of aliphatic carboxylic acids is 1. The van der Waals surface area contributed by atoms with Crippen molar-refractivity contribution in [3.8, 4) is 0 Å². The Morgan fingerprint density at radius 3 is 0.817 bits per heavy atom. The molecule has 0 aromatic heterocycles. The minimum atomic E-state index is -1.64. The summed E-state index contributed by atoms with van der Waals surface area (Å²) in [5.41, 5.74) is 0. The van der Waals surface area contributed by atoms with E-state index in [1.807, 2.05) is 21.1 Å². The number of carboxylic acid groups (broad SMARTS) is 1. The number of carbonyl (C=O) groups excluding carboxylic acids is 3. The van der Waals surface area contributed by atoms with Crippen LogP contribution in [0.3, 0.4) is 0 Å². The topological polar surface area (TPSA) is 111 Å². The van der Waals surface area contributed by atoms with Gasteiger partial charge in [0.25, 0.3) is 0 Å². The van der Waals surface area contributed by atoms with Gasteiger partial charge in [-0.3, -0.25) is 9.59 Å². The zero-order chi connectivity index (χ0) is 75.3. The molecule has 0 aromatic carbocycles. The first-order valence-electron chi connectivity index (χ1n) is 43.8. The minimum absolute atomic E-state index is 0.139. The Bertz CT molecular complexity index is 2190. The van der Waals surface area contributed by atoms with E-state index < -0.39 is 24.3 Å². The number of quaternary nitrogens is 1. The summed E-state index contributed by atoms with van der Waals surface area (Å²) in [6, 6.07) is 0. The van der Waals surface area contributed by atoms with Crippen LogP contribution < -0.4 is 5.11 Å². The molecule has 0 amide bonds. The van der Waals surface area contributed by atoms with Gasteiger partial charge >= 0.3 is 11.9 Å². The van der Waals surface area contributed by atoms with Gasteiger partial charge in [0, 0.05) is 12.8 Å². The summed E-state index contributed by atoms with van der Waals surface area (Å²) in [6.45, 7) is 4.65. The molecule has 0 radical (unpaired) electrons. The van der Waals surface area contributed by atoms with E-state index in [1.54, 1.807) is 0 Å². The summed E-state index contributed by atoms with van der Waals surface area (Å²) in [4.78, 5) is 37.7. The highest BCUT2D eigenvalue weighted by atomic mass is 16.7. The molecule has 0 bridgehead atoms. The number of ether oxygens (including phenoxy) is 4. The maximum atomic E-state index is 13.0. The average molecular weight is 1450 g/mol. The highest BCUT2D eigenvalue weighted by molar-refractivity contribution is 5.70. The van der Waals surface area contributed by atoms with Gasteiger partial charge < -0.3 is 33.3 Å². The second-order valence-corrected chi connectivity index (χ2v) is 30.5. The molecule has 0 aliphatic carbocycles. The number of rotatable bonds is 81. The van der Waals surface area contributed by atoms with E-state index in [2.05, 4.69) is 148 Å². The van der Waals surface area contributed by atoms with Crippen molar-refractivity contribution in [1.29, 1.82) is 0 Å². The number of esters is 2. The number of carboxylic acids is 1. The fourth-order valence-electron chi connectivity index (χ4n) is 12.5. The lowest BCUT2D eigenvalue weighted by Crippen LogP contribution is -2.44. The molecule has 9 nitrogen and oxygen atoms in total. The number of hydrogen-bond acceptors (Lipinski definition) is 8. The molecule has 598 valence electrons. The van der Waals surface area contributed by atoms with Crippen LogP contribution in [0.15, 0.2) is 134 Å². The van der Waals surface area contributed by atoms with Crippen LogP contribution in [0.25, 0.3) is 0 Å². The average Bonchev–Trinajstić information content (AvgIpc) is 1.13. The van der Waals surface area contributed by atoms with Crippen LogP contribution in [0.5, 0.6) is 0 Å². The van der Waals surface area contributed by atoms with Crippen LogP contribution >= 0.6 is 0 Å². The van der Waals surface area contributed by atoms with Gasteiger partial charge in [-0.25, -0.2) is 0 Å². The first-order valence-corrected chi connectivity index (χ1v) is 43.8. The molecule has 0 heterocycles. The Balaban J connectivity index is 4.04. The van der Waals surface area contributed by atoms with E-state index in [-0.39, 0.29) is 38.6 Å². The highest BCUT2D eigenvalue weighted by Gasteiger charge is 2.22. The summed E-state index contributed by atoms with van der Waals surface area (Å²) < 4.78 is 22.9. The van der Waals surface area contributed by atoms with Crippen molar-refractivity contribution in [3.05, 3.63) is 134 Å². The van der Waals surface area contributed by atoms with E-state index in [0.29, 0.717) is 17.4 Å². The zero-order valence-electron chi connectivity index (χ0n) is 68.6. The lowest BCUT2D eigenvalue weighted by Gasteiger charge is -2.26.